The molecule has 2 aromatic rings. The lowest BCUT2D eigenvalue weighted by molar-refractivity contribution is 0.175. The van der Waals surface area contributed by atoms with Crippen molar-refractivity contribution < 1.29 is 5.11 Å². The van der Waals surface area contributed by atoms with Gasteiger partial charge >= 0.3 is 0 Å². The number of nitrogens with one attached hydrogen (secondary N) is 1. The molecule has 2 rings (SSSR count). The highest BCUT2D eigenvalue weighted by atomic mass is 32.2. The molecule has 1 aromatic heterocycles. The average Bonchev–Trinajstić information content (AvgIpc) is 2.82. The average molecular weight is 292 g/mol. The Kier molecular flexibility index (Phi) is 5.58. The van der Waals surface area contributed by atoms with Gasteiger partial charge in [-0.1, -0.05) is 42.1 Å². The van der Waals surface area contributed by atoms with Gasteiger partial charge in [0.15, 0.2) is 5.16 Å². The second-order valence-electron chi connectivity index (χ2n) is 4.55. The fourth-order valence-corrected chi connectivity index (χ4v) is 2.81. The normalized spacial score (nSPS) is 12.6. The van der Waals surface area contributed by atoms with Crippen LogP contribution >= 0.6 is 11.8 Å². The van der Waals surface area contributed by atoms with Crippen LogP contribution < -0.4 is 5.32 Å². The van der Waals surface area contributed by atoms with E-state index in [1.54, 1.807) is 11.8 Å². The maximum Gasteiger partial charge on any atom is 0.190 e. The number of aliphatic hydroxyl groups is 1. The Hall–Kier alpha value is -1.37. The first-order chi connectivity index (χ1) is 9.72. The second kappa shape index (κ2) is 7.42. The summed E-state index contributed by atoms with van der Waals surface area (Å²) < 4.78 is 1.98. The predicted octanol–water partition coefficient (Wildman–Crippen LogP) is 1.75. The summed E-state index contributed by atoms with van der Waals surface area (Å²) in [6.45, 7) is 0.705. The van der Waals surface area contributed by atoms with Crippen LogP contribution in [0.15, 0.2) is 35.5 Å². The summed E-state index contributed by atoms with van der Waals surface area (Å²) in [7, 11) is 3.85. The molecule has 0 amide bonds. The number of nitrogens with zero attached hydrogens (tertiary/aromatic N) is 3. The minimum Gasteiger partial charge on any atom is -0.388 e. The van der Waals surface area contributed by atoms with E-state index in [4.69, 9.17) is 0 Å². The molecule has 1 aromatic carbocycles. The molecule has 1 heterocycles. The third kappa shape index (κ3) is 3.82. The van der Waals surface area contributed by atoms with Gasteiger partial charge in [-0.25, -0.2) is 0 Å². The minimum atomic E-state index is -0.422. The summed E-state index contributed by atoms with van der Waals surface area (Å²) >= 11 is 1.62. The highest BCUT2D eigenvalue weighted by Gasteiger charge is 2.11. The number of rotatable bonds is 7. The van der Waals surface area contributed by atoms with Crippen molar-refractivity contribution in [3.05, 3.63) is 41.7 Å². The van der Waals surface area contributed by atoms with Crippen molar-refractivity contribution in [2.75, 3.05) is 12.8 Å². The zero-order valence-electron chi connectivity index (χ0n) is 11.8. The summed E-state index contributed by atoms with van der Waals surface area (Å²) in [6, 6.07) is 9.73. The van der Waals surface area contributed by atoms with Gasteiger partial charge in [0.25, 0.3) is 0 Å². The maximum atomic E-state index is 10.1. The zero-order chi connectivity index (χ0) is 14.4. The monoisotopic (exact) mass is 292 g/mol. The van der Waals surface area contributed by atoms with Crippen molar-refractivity contribution in [1.82, 2.24) is 20.1 Å². The fourth-order valence-electron chi connectivity index (χ4n) is 1.89. The summed E-state index contributed by atoms with van der Waals surface area (Å²) in [6.07, 6.45) is 0.275. The number of benzene rings is 1. The van der Waals surface area contributed by atoms with Crippen molar-refractivity contribution in [2.45, 2.75) is 24.2 Å². The summed E-state index contributed by atoms with van der Waals surface area (Å²) in [5, 5.41) is 22.3. The van der Waals surface area contributed by atoms with E-state index < -0.39 is 6.10 Å². The van der Waals surface area contributed by atoms with Crippen molar-refractivity contribution in [2.24, 2.45) is 7.05 Å². The molecule has 20 heavy (non-hydrogen) atoms. The molecule has 0 fully saturated rings. The van der Waals surface area contributed by atoms with Crippen LogP contribution in [0.1, 0.15) is 23.9 Å². The van der Waals surface area contributed by atoms with Crippen LogP contribution in [-0.4, -0.2) is 32.7 Å². The van der Waals surface area contributed by atoms with E-state index in [0.717, 1.165) is 22.3 Å². The molecule has 6 heteroatoms. The Balaban J connectivity index is 1.84. The topological polar surface area (TPSA) is 63.0 Å². The molecule has 108 valence electrons. The van der Waals surface area contributed by atoms with Gasteiger partial charge in [0.05, 0.1) is 12.6 Å². The van der Waals surface area contributed by atoms with Gasteiger partial charge in [0, 0.05) is 12.8 Å². The molecule has 0 radical (unpaired) electrons. The molecule has 1 atom stereocenters. The van der Waals surface area contributed by atoms with Gasteiger partial charge < -0.3 is 15.0 Å². The van der Waals surface area contributed by atoms with Crippen LogP contribution in [0.2, 0.25) is 0 Å². The van der Waals surface area contributed by atoms with Crippen LogP contribution in [0.3, 0.4) is 0 Å². The van der Waals surface area contributed by atoms with Crippen LogP contribution in [0.5, 0.6) is 0 Å². The Labute approximate surface area is 123 Å². The van der Waals surface area contributed by atoms with E-state index >= 15 is 0 Å². The first-order valence-electron chi connectivity index (χ1n) is 6.61. The lowest BCUT2D eigenvalue weighted by atomic mass is 10.1. The van der Waals surface area contributed by atoms with E-state index in [0.29, 0.717) is 13.0 Å². The molecule has 0 spiro atoms. The van der Waals surface area contributed by atoms with E-state index in [1.165, 1.54) is 0 Å². The molecule has 0 saturated heterocycles. The lowest BCUT2D eigenvalue weighted by Crippen LogP contribution is -2.10. The molecule has 0 saturated carbocycles. The van der Waals surface area contributed by atoms with Crippen LogP contribution in [0.25, 0.3) is 0 Å². The molecule has 0 unspecified atom stereocenters. The van der Waals surface area contributed by atoms with Gasteiger partial charge in [-0.3, -0.25) is 0 Å². The third-order valence-electron chi connectivity index (χ3n) is 3.07. The van der Waals surface area contributed by atoms with Crippen LogP contribution in [0.4, 0.5) is 0 Å². The third-order valence-corrected chi connectivity index (χ3v) is 4.12. The summed E-state index contributed by atoms with van der Waals surface area (Å²) in [5.41, 5.74) is 0.960. The van der Waals surface area contributed by atoms with E-state index in [9.17, 15) is 5.11 Å². The standard InChI is InChI=1S/C14H20N4OS/c1-15-10-13-16-17-14(18(13)2)20-9-8-12(19)11-6-4-3-5-7-11/h3-7,12,15,19H,8-10H2,1-2H3/t12-/m1/s1. The number of aromatic nitrogens is 3. The van der Waals surface area contributed by atoms with Gasteiger partial charge in [-0.05, 0) is 19.0 Å². The molecule has 5 nitrogen and oxygen atoms in total. The Morgan fingerprint density at radius 3 is 2.75 bits per heavy atom. The number of hydrogen-bond acceptors (Lipinski definition) is 5. The minimum absolute atomic E-state index is 0.422. The van der Waals surface area contributed by atoms with Crippen LogP contribution in [0, 0.1) is 0 Å². The number of hydrogen-bond donors (Lipinski definition) is 2. The van der Waals surface area contributed by atoms with Gasteiger partial charge in [0.2, 0.25) is 0 Å². The second-order valence-corrected chi connectivity index (χ2v) is 5.61. The molecule has 2 N–H and O–H groups in total. The summed E-state index contributed by atoms with van der Waals surface area (Å²) in [4.78, 5) is 0. The number of aliphatic hydroxyl groups excluding tert-OH is 1. The van der Waals surface area contributed by atoms with Crippen LogP contribution in [-0.2, 0) is 13.6 Å². The van der Waals surface area contributed by atoms with Gasteiger partial charge in [0.1, 0.15) is 5.82 Å². The first-order valence-corrected chi connectivity index (χ1v) is 7.59. The van der Waals surface area contributed by atoms with E-state index in [1.807, 2.05) is 49.0 Å². The quantitative estimate of drug-likeness (QED) is 0.761. The molecule has 0 bridgehead atoms. The van der Waals surface area contributed by atoms with Crippen molar-refractivity contribution in [3.63, 3.8) is 0 Å². The number of thioether (sulfide) groups is 1. The fraction of sp³-hybridized carbons (Fsp3) is 0.429. The first kappa shape index (κ1) is 15.0. The highest BCUT2D eigenvalue weighted by molar-refractivity contribution is 7.99. The predicted molar refractivity (Wildman–Crippen MR) is 80.5 cm³/mol. The van der Waals surface area contributed by atoms with Crippen molar-refractivity contribution in [3.8, 4) is 0 Å². The molecule has 0 aliphatic heterocycles. The largest absolute Gasteiger partial charge is 0.388 e. The maximum absolute atomic E-state index is 10.1. The van der Waals surface area contributed by atoms with E-state index in [-0.39, 0.29) is 0 Å². The zero-order valence-corrected chi connectivity index (χ0v) is 12.6. The van der Waals surface area contributed by atoms with Gasteiger partial charge in [-0.15, -0.1) is 10.2 Å². The molecule has 0 aliphatic rings. The van der Waals surface area contributed by atoms with Gasteiger partial charge in [-0.2, -0.15) is 0 Å². The van der Waals surface area contributed by atoms with E-state index in [2.05, 4.69) is 15.5 Å². The van der Waals surface area contributed by atoms with Crippen molar-refractivity contribution >= 4 is 11.8 Å². The Bertz CT molecular complexity index is 529. The molecule has 0 aliphatic carbocycles. The summed E-state index contributed by atoms with van der Waals surface area (Å²) in [5.74, 6) is 1.72. The smallest absolute Gasteiger partial charge is 0.190 e. The Morgan fingerprint density at radius 2 is 2.05 bits per heavy atom. The Morgan fingerprint density at radius 1 is 1.30 bits per heavy atom. The molecular weight excluding hydrogens is 272 g/mol. The lowest BCUT2D eigenvalue weighted by Gasteiger charge is -2.10. The molecular formula is C14H20N4OS. The van der Waals surface area contributed by atoms with Crippen molar-refractivity contribution in [1.29, 1.82) is 0 Å². The highest BCUT2D eigenvalue weighted by Crippen LogP contribution is 2.22. The SMILES string of the molecule is CNCc1nnc(SCC[C@@H](O)c2ccccc2)n1C.